The number of benzene rings is 2. The van der Waals surface area contributed by atoms with Crippen molar-refractivity contribution in [3.05, 3.63) is 86.7 Å². The van der Waals surface area contributed by atoms with E-state index in [9.17, 15) is 14.3 Å². The number of carboxylic acid groups (broad SMARTS) is 1. The monoisotopic (exact) mass is 677 g/mol. The van der Waals surface area contributed by atoms with Crippen LogP contribution in [0, 0.1) is 12.7 Å². The van der Waals surface area contributed by atoms with Gasteiger partial charge in [-0.3, -0.25) is 0 Å². The lowest BCUT2D eigenvalue weighted by Gasteiger charge is -2.15. The molecule has 5 aromatic rings. The van der Waals surface area contributed by atoms with Crippen LogP contribution in [0.1, 0.15) is 75.2 Å². The summed E-state index contributed by atoms with van der Waals surface area (Å²) in [5.74, 6) is -0.906. The summed E-state index contributed by atoms with van der Waals surface area (Å²) in [6.45, 7) is 3.64. The fraction of sp³-hybridized carbons (Fsp3) is 0.382. The van der Waals surface area contributed by atoms with Gasteiger partial charge >= 0.3 is 5.97 Å². The lowest BCUT2D eigenvalue weighted by molar-refractivity contribution is 0.0689. The van der Waals surface area contributed by atoms with E-state index in [2.05, 4.69) is 30.8 Å². The molecule has 0 aliphatic rings. The van der Waals surface area contributed by atoms with E-state index < -0.39 is 11.8 Å². The Morgan fingerprint density at radius 2 is 1.89 bits per heavy atom. The largest absolute Gasteiger partial charge is 0.491 e. The highest BCUT2D eigenvalue weighted by Gasteiger charge is 2.25. The molecule has 0 saturated carbocycles. The Morgan fingerprint density at radius 3 is 2.64 bits per heavy atom. The Morgan fingerprint density at radius 1 is 1.04 bits per heavy atom. The highest BCUT2D eigenvalue weighted by Crippen LogP contribution is 2.35. The van der Waals surface area contributed by atoms with Gasteiger partial charge in [0.2, 0.25) is 0 Å². The summed E-state index contributed by atoms with van der Waals surface area (Å²) >= 11 is 2.92. The molecular formula is C34H40FN7O3S2. The minimum absolute atomic E-state index is 0.0322. The molecule has 0 spiro atoms. The van der Waals surface area contributed by atoms with Crippen LogP contribution in [0.2, 0.25) is 0 Å². The van der Waals surface area contributed by atoms with Crippen LogP contribution >= 0.6 is 22.7 Å². The summed E-state index contributed by atoms with van der Waals surface area (Å²) < 4.78 is 21.4. The molecule has 248 valence electrons. The van der Waals surface area contributed by atoms with Crippen LogP contribution < -0.4 is 21.1 Å². The number of nitrogens with two attached hydrogens (primary N) is 1. The molecule has 2 aromatic carbocycles. The lowest BCUT2D eigenvalue weighted by Crippen LogP contribution is -2.09. The zero-order chi connectivity index (χ0) is 33.2. The first kappa shape index (κ1) is 34.3. The molecule has 0 saturated heterocycles. The van der Waals surface area contributed by atoms with Gasteiger partial charge in [0.05, 0.1) is 28.4 Å². The van der Waals surface area contributed by atoms with Crippen LogP contribution in [-0.2, 0) is 12.8 Å². The molecular weight excluding hydrogens is 638 g/mol. The van der Waals surface area contributed by atoms with Crippen LogP contribution in [0.25, 0.3) is 10.2 Å². The third kappa shape index (κ3) is 9.07. The molecule has 10 nitrogen and oxygen atoms in total. The molecule has 5 N–H and O–H groups in total. The minimum atomic E-state index is -1.08. The van der Waals surface area contributed by atoms with E-state index in [0.29, 0.717) is 41.5 Å². The minimum Gasteiger partial charge on any atom is -0.491 e. The van der Waals surface area contributed by atoms with E-state index in [1.54, 1.807) is 17.4 Å². The van der Waals surface area contributed by atoms with Crippen molar-refractivity contribution in [2.75, 3.05) is 32.1 Å². The summed E-state index contributed by atoms with van der Waals surface area (Å²) in [7, 11) is 1.89. The molecule has 47 heavy (non-hydrogen) atoms. The molecule has 0 aliphatic heterocycles. The number of hydrogen-bond donors (Lipinski definition) is 4. The summed E-state index contributed by atoms with van der Waals surface area (Å²) in [5.41, 5.74) is 9.27. The highest BCUT2D eigenvalue weighted by atomic mass is 32.1. The van der Waals surface area contributed by atoms with Crippen LogP contribution in [0.15, 0.2) is 48.5 Å². The Labute approximate surface area is 281 Å². The number of hydrogen-bond acceptors (Lipinski definition) is 11. The number of nitrogens with one attached hydrogen (secondary N) is 2. The molecule has 0 radical (unpaired) electrons. The maximum absolute atomic E-state index is 14.6. The van der Waals surface area contributed by atoms with Gasteiger partial charge in [-0.05, 0) is 107 Å². The summed E-state index contributed by atoms with van der Waals surface area (Å²) in [5, 5.41) is 26.8. The average molecular weight is 678 g/mol. The smallest absolute Gasteiger partial charge is 0.355 e. The first-order chi connectivity index (χ1) is 22.9. The van der Waals surface area contributed by atoms with Crippen molar-refractivity contribution in [1.82, 2.24) is 25.5 Å². The van der Waals surface area contributed by atoms with Crippen molar-refractivity contribution < 1.29 is 19.0 Å². The van der Waals surface area contributed by atoms with Gasteiger partial charge in [0.25, 0.3) is 0 Å². The van der Waals surface area contributed by atoms with Crippen molar-refractivity contribution in [1.29, 1.82) is 0 Å². The molecule has 1 unspecified atom stereocenters. The standard InChI is InChI=1S/C34H40FN7O3S2/c1-21-19-26(41-42-31(21)40-34-38-25-11-3-4-12-28(25)47-34)23(10-5-6-16-36)32-39-30(33(43)44)29(46-32)13-8-18-45-27-15-14-22(20-24(27)35)9-7-17-37-2/h3-4,11-12,14-15,19-20,23,37H,5-10,13,16-18,36H2,1-2H3,(H,43,44)(H,38,40,42). The van der Waals surface area contributed by atoms with E-state index in [1.165, 1.54) is 17.4 Å². The number of fused-ring (bicyclic) bond motifs is 1. The van der Waals surface area contributed by atoms with E-state index in [-0.39, 0.29) is 24.0 Å². The number of aromatic carboxylic acids is 1. The van der Waals surface area contributed by atoms with E-state index >= 15 is 0 Å². The van der Waals surface area contributed by atoms with Gasteiger partial charge < -0.3 is 26.2 Å². The summed E-state index contributed by atoms with van der Waals surface area (Å²) in [4.78, 5) is 22.1. The van der Waals surface area contributed by atoms with E-state index in [1.807, 2.05) is 50.4 Å². The topological polar surface area (TPSA) is 148 Å². The fourth-order valence-corrected chi connectivity index (χ4v) is 7.38. The Hall–Kier alpha value is -4.04. The van der Waals surface area contributed by atoms with Gasteiger partial charge in [-0.1, -0.05) is 36.0 Å². The van der Waals surface area contributed by atoms with Gasteiger partial charge in [0, 0.05) is 4.88 Å². The number of anilines is 2. The summed E-state index contributed by atoms with van der Waals surface area (Å²) in [6.07, 6.45) is 5.02. The van der Waals surface area contributed by atoms with E-state index in [4.69, 9.17) is 10.5 Å². The van der Waals surface area contributed by atoms with Gasteiger partial charge in [0.1, 0.15) is 5.01 Å². The second-order valence-corrected chi connectivity index (χ2v) is 13.4. The van der Waals surface area contributed by atoms with Crippen LogP contribution in [0.5, 0.6) is 5.75 Å². The van der Waals surface area contributed by atoms with Crippen LogP contribution in [-0.4, -0.2) is 58.0 Å². The first-order valence-electron chi connectivity index (χ1n) is 15.8. The van der Waals surface area contributed by atoms with Crippen molar-refractivity contribution in [2.24, 2.45) is 5.73 Å². The fourth-order valence-electron chi connectivity index (χ4n) is 5.27. The number of carbonyl (C=O) groups is 1. The Kier molecular flexibility index (Phi) is 12.2. The third-order valence-electron chi connectivity index (χ3n) is 7.74. The molecule has 0 aliphatic carbocycles. The first-order valence-corrected chi connectivity index (χ1v) is 17.4. The maximum atomic E-state index is 14.6. The predicted molar refractivity (Wildman–Crippen MR) is 186 cm³/mol. The number of carboxylic acids is 1. The predicted octanol–water partition coefficient (Wildman–Crippen LogP) is 6.86. The number of ether oxygens (including phenoxy) is 1. The molecule has 13 heteroatoms. The number of thiazole rings is 2. The van der Waals surface area contributed by atoms with Crippen LogP contribution in [0.4, 0.5) is 15.3 Å². The SMILES string of the molecule is CNCCCc1ccc(OCCCc2sc(C(CCCCN)c3cc(C)c(Nc4nc5ccccc5s4)nn3)nc2C(=O)O)c(F)c1. The zero-order valence-corrected chi connectivity index (χ0v) is 28.2. The normalized spacial score (nSPS) is 12.0. The molecule has 0 amide bonds. The molecule has 5 rings (SSSR count). The number of para-hydroxylation sites is 1. The second kappa shape index (κ2) is 16.7. The number of aromatic nitrogens is 4. The highest BCUT2D eigenvalue weighted by molar-refractivity contribution is 7.22. The van der Waals surface area contributed by atoms with Crippen molar-refractivity contribution in [3.8, 4) is 5.75 Å². The van der Waals surface area contributed by atoms with Gasteiger partial charge in [0.15, 0.2) is 28.2 Å². The Balaban J connectivity index is 1.28. The maximum Gasteiger partial charge on any atom is 0.355 e. The van der Waals surface area contributed by atoms with Crippen molar-refractivity contribution >= 4 is 49.8 Å². The molecule has 0 bridgehead atoms. The molecule has 3 aromatic heterocycles. The van der Waals surface area contributed by atoms with Gasteiger partial charge in [-0.2, -0.15) is 5.10 Å². The molecule has 1 atom stereocenters. The zero-order valence-electron chi connectivity index (χ0n) is 26.6. The van der Waals surface area contributed by atoms with Crippen molar-refractivity contribution in [2.45, 2.75) is 57.8 Å². The summed E-state index contributed by atoms with van der Waals surface area (Å²) in [6, 6.07) is 15.0. The van der Waals surface area contributed by atoms with Crippen molar-refractivity contribution in [3.63, 3.8) is 0 Å². The number of unbranched alkanes of at least 4 members (excludes halogenated alkanes) is 1. The van der Waals surface area contributed by atoms with Crippen LogP contribution in [0.3, 0.4) is 0 Å². The molecule has 3 heterocycles. The number of rotatable bonds is 18. The Bertz CT molecular complexity index is 1760. The average Bonchev–Trinajstić information content (AvgIpc) is 3.67. The number of nitrogens with zero attached hydrogens (tertiary/aromatic N) is 4. The third-order valence-corrected chi connectivity index (χ3v) is 9.92. The lowest BCUT2D eigenvalue weighted by atomic mass is 9.97. The van der Waals surface area contributed by atoms with Gasteiger partial charge in [-0.25, -0.2) is 19.2 Å². The van der Waals surface area contributed by atoms with Gasteiger partial charge in [-0.15, -0.1) is 16.4 Å². The number of halogens is 1. The number of aryl methyl sites for hydroxylation is 3. The van der Waals surface area contributed by atoms with E-state index in [0.717, 1.165) is 64.4 Å². The quantitative estimate of drug-likeness (QED) is 0.0725. The second-order valence-electron chi connectivity index (χ2n) is 11.3. The molecule has 0 fully saturated rings.